The van der Waals surface area contributed by atoms with Gasteiger partial charge in [0.25, 0.3) is 0 Å². The van der Waals surface area contributed by atoms with E-state index in [1.165, 1.54) is 0 Å². The third kappa shape index (κ3) is 3.48. The molecule has 0 aliphatic rings. The molecule has 0 atom stereocenters. The first-order chi connectivity index (χ1) is 8.97. The minimum Gasteiger partial charge on any atom is -0.503 e. The summed E-state index contributed by atoms with van der Waals surface area (Å²) in [6.07, 6.45) is 0. The number of nitrogens with one attached hydrogen (secondary N) is 1. The van der Waals surface area contributed by atoms with E-state index in [0.717, 1.165) is 15.7 Å². The third-order valence-corrected chi connectivity index (χ3v) is 3.47. The van der Waals surface area contributed by atoms with Gasteiger partial charge in [-0.15, -0.1) is 0 Å². The Balaban J connectivity index is 2.14. The number of anilines is 1. The summed E-state index contributed by atoms with van der Waals surface area (Å²) in [5.41, 5.74) is 1.05. The van der Waals surface area contributed by atoms with Crippen molar-refractivity contribution in [3.8, 4) is 5.75 Å². The van der Waals surface area contributed by atoms with Gasteiger partial charge >= 0.3 is 0 Å². The summed E-state index contributed by atoms with van der Waals surface area (Å²) in [7, 11) is 0. The van der Waals surface area contributed by atoms with Crippen LogP contribution in [0, 0.1) is 15.2 Å². The monoisotopic (exact) mass is 395 g/mol. The van der Waals surface area contributed by atoms with Gasteiger partial charge in [0.1, 0.15) is 0 Å². The smallest absolute Gasteiger partial charge is 0.187 e. The van der Waals surface area contributed by atoms with E-state index in [0.29, 0.717) is 16.3 Å². The summed E-state index contributed by atoms with van der Waals surface area (Å²) in [6, 6.07) is 7.59. The van der Waals surface area contributed by atoms with Crippen molar-refractivity contribution in [3.05, 3.63) is 56.1 Å². The van der Waals surface area contributed by atoms with Gasteiger partial charge in [-0.25, -0.2) is 8.78 Å². The maximum absolute atomic E-state index is 13.2. The van der Waals surface area contributed by atoms with E-state index in [9.17, 15) is 8.78 Å². The Morgan fingerprint density at radius 2 is 1.79 bits per heavy atom. The van der Waals surface area contributed by atoms with E-state index < -0.39 is 17.4 Å². The predicted molar refractivity (Wildman–Crippen MR) is 79.5 cm³/mol. The van der Waals surface area contributed by atoms with Gasteiger partial charge in [-0.05, 0) is 58.5 Å². The molecule has 2 nitrogen and oxygen atoms in total. The SMILES string of the molecule is Oc1c(F)cc(CNc2ccc(I)cc2Cl)cc1F. The molecule has 0 saturated carbocycles. The van der Waals surface area contributed by atoms with Crippen molar-refractivity contribution in [2.75, 3.05) is 5.32 Å². The van der Waals surface area contributed by atoms with Crippen molar-refractivity contribution < 1.29 is 13.9 Å². The standard InChI is InChI=1S/C13H9ClF2INO/c14-9-5-8(17)1-2-12(9)18-6-7-3-10(15)13(19)11(16)4-7/h1-5,18-19H,6H2. The van der Waals surface area contributed by atoms with Crippen LogP contribution in [0.1, 0.15) is 5.56 Å². The Bertz CT molecular complexity index is 599. The van der Waals surface area contributed by atoms with Crippen LogP contribution in [0.5, 0.6) is 5.75 Å². The number of phenols is 1. The van der Waals surface area contributed by atoms with Gasteiger partial charge in [-0.3, -0.25) is 0 Å². The quantitative estimate of drug-likeness (QED) is 0.748. The number of halogens is 4. The minimum absolute atomic E-state index is 0.203. The van der Waals surface area contributed by atoms with Crippen LogP contribution in [0.25, 0.3) is 0 Å². The van der Waals surface area contributed by atoms with Gasteiger partial charge < -0.3 is 10.4 Å². The Kier molecular flexibility index (Phi) is 4.46. The first kappa shape index (κ1) is 14.3. The average Bonchev–Trinajstić information content (AvgIpc) is 2.34. The second kappa shape index (κ2) is 5.92. The number of aromatic hydroxyl groups is 1. The minimum atomic E-state index is -0.981. The number of hydrogen-bond acceptors (Lipinski definition) is 2. The van der Waals surface area contributed by atoms with E-state index in [1.807, 2.05) is 6.07 Å². The topological polar surface area (TPSA) is 32.3 Å². The highest BCUT2D eigenvalue weighted by Gasteiger charge is 2.09. The molecule has 0 fully saturated rings. The molecule has 0 spiro atoms. The molecule has 2 N–H and O–H groups in total. The third-order valence-electron chi connectivity index (χ3n) is 2.49. The van der Waals surface area contributed by atoms with Crippen LogP contribution in [-0.4, -0.2) is 5.11 Å². The second-order valence-corrected chi connectivity index (χ2v) is 5.54. The number of phenolic OH excluding ortho intramolecular Hbond substituents is 1. The molecular weight excluding hydrogens is 387 g/mol. The van der Waals surface area contributed by atoms with Crippen molar-refractivity contribution in [1.29, 1.82) is 0 Å². The van der Waals surface area contributed by atoms with E-state index in [1.54, 1.807) is 12.1 Å². The van der Waals surface area contributed by atoms with Gasteiger partial charge in [0.2, 0.25) is 0 Å². The predicted octanol–water partition coefficient (Wildman–Crippen LogP) is 4.54. The zero-order valence-electron chi connectivity index (χ0n) is 9.55. The summed E-state index contributed by atoms with van der Waals surface area (Å²) < 4.78 is 27.3. The largest absolute Gasteiger partial charge is 0.503 e. The molecule has 0 amide bonds. The molecule has 0 aliphatic carbocycles. The van der Waals surface area contributed by atoms with Crippen LogP contribution >= 0.6 is 34.2 Å². The maximum atomic E-state index is 13.2. The first-order valence-electron chi connectivity index (χ1n) is 5.33. The lowest BCUT2D eigenvalue weighted by Crippen LogP contribution is -2.01. The van der Waals surface area contributed by atoms with Crippen LogP contribution < -0.4 is 5.32 Å². The molecule has 0 aromatic heterocycles. The maximum Gasteiger partial charge on any atom is 0.187 e. The van der Waals surface area contributed by atoms with Crippen molar-refractivity contribution in [2.45, 2.75) is 6.54 Å². The fourth-order valence-electron chi connectivity index (χ4n) is 1.55. The molecule has 100 valence electrons. The molecular formula is C13H9ClF2INO. The fraction of sp³-hybridized carbons (Fsp3) is 0.0769. The van der Waals surface area contributed by atoms with Crippen molar-refractivity contribution in [3.63, 3.8) is 0 Å². The second-order valence-electron chi connectivity index (χ2n) is 3.89. The molecule has 2 aromatic rings. The summed E-state index contributed by atoms with van der Waals surface area (Å²) in [6.45, 7) is 0.203. The normalized spacial score (nSPS) is 10.5. The van der Waals surface area contributed by atoms with Crippen molar-refractivity contribution >= 4 is 39.9 Å². The fourth-order valence-corrected chi connectivity index (χ4v) is 2.47. The van der Waals surface area contributed by atoms with Crippen LogP contribution in [-0.2, 0) is 6.54 Å². The highest BCUT2D eigenvalue weighted by Crippen LogP contribution is 2.26. The molecule has 6 heteroatoms. The summed E-state index contributed by atoms with van der Waals surface area (Å²) in [5.74, 6) is -2.92. The molecule has 0 saturated heterocycles. The number of benzene rings is 2. The number of hydrogen-bond donors (Lipinski definition) is 2. The lowest BCUT2D eigenvalue weighted by atomic mass is 10.2. The first-order valence-corrected chi connectivity index (χ1v) is 6.79. The Hall–Kier alpha value is -1.08. The van der Waals surface area contributed by atoms with Gasteiger partial charge in [0.15, 0.2) is 17.4 Å². The van der Waals surface area contributed by atoms with Crippen molar-refractivity contribution in [1.82, 2.24) is 0 Å². The Morgan fingerprint density at radius 3 is 2.37 bits per heavy atom. The van der Waals surface area contributed by atoms with Gasteiger partial charge in [-0.1, -0.05) is 11.6 Å². The van der Waals surface area contributed by atoms with Crippen LogP contribution in [0.3, 0.4) is 0 Å². The van der Waals surface area contributed by atoms with E-state index >= 15 is 0 Å². The van der Waals surface area contributed by atoms with Gasteiger partial charge in [0.05, 0.1) is 10.7 Å². The molecule has 2 rings (SSSR count). The zero-order chi connectivity index (χ0) is 14.0. The molecule has 0 bridgehead atoms. The lowest BCUT2D eigenvalue weighted by Gasteiger charge is -2.09. The van der Waals surface area contributed by atoms with Crippen LogP contribution in [0.4, 0.5) is 14.5 Å². The van der Waals surface area contributed by atoms with Gasteiger partial charge in [0, 0.05) is 10.1 Å². The molecule has 0 unspecified atom stereocenters. The summed E-state index contributed by atoms with van der Waals surface area (Å²) >= 11 is 8.16. The molecule has 19 heavy (non-hydrogen) atoms. The Labute approximate surface area is 127 Å². The van der Waals surface area contributed by atoms with E-state index in [-0.39, 0.29) is 6.54 Å². The molecule has 2 aromatic carbocycles. The van der Waals surface area contributed by atoms with Crippen molar-refractivity contribution in [2.24, 2.45) is 0 Å². The van der Waals surface area contributed by atoms with Crippen LogP contribution in [0.2, 0.25) is 5.02 Å². The highest BCUT2D eigenvalue weighted by molar-refractivity contribution is 14.1. The highest BCUT2D eigenvalue weighted by atomic mass is 127. The van der Waals surface area contributed by atoms with Crippen LogP contribution in [0.15, 0.2) is 30.3 Å². The zero-order valence-corrected chi connectivity index (χ0v) is 12.5. The molecule has 0 heterocycles. The van der Waals surface area contributed by atoms with Gasteiger partial charge in [-0.2, -0.15) is 0 Å². The van der Waals surface area contributed by atoms with E-state index in [2.05, 4.69) is 27.9 Å². The molecule has 0 aliphatic heterocycles. The van der Waals surface area contributed by atoms with E-state index in [4.69, 9.17) is 16.7 Å². The Morgan fingerprint density at radius 1 is 1.16 bits per heavy atom. The molecule has 0 radical (unpaired) electrons. The average molecular weight is 396 g/mol. The summed E-state index contributed by atoms with van der Waals surface area (Å²) in [4.78, 5) is 0. The summed E-state index contributed by atoms with van der Waals surface area (Å²) in [5, 5.41) is 12.5. The lowest BCUT2D eigenvalue weighted by molar-refractivity contribution is 0.395. The number of rotatable bonds is 3.